The van der Waals surface area contributed by atoms with E-state index in [-0.39, 0.29) is 11.3 Å². The zero-order valence-electron chi connectivity index (χ0n) is 17.2. The van der Waals surface area contributed by atoms with Crippen LogP contribution in [-0.2, 0) is 16.6 Å². The Hall–Kier alpha value is -3.15. The van der Waals surface area contributed by atoms with Crippen molar-refractivity contribution >= 4 is 5.91 Å². The van der Waals surface area contributed by atoms with Gasteiger partial charge < -0.3 is 9.64 Å². The van der Waals surface area contributed by atoms with Gasteiger partial charge in [0.1, 0.15) is 17.9 Å². The summed E-state index contributed by atoms with van der Waals surface area (Å²) in [6.45, 7) is 1.61. The van der Waals surface area contributed by atoms with Crippen molar-refractivity contribution in [3.63, 3.8) is 0 Å². The molecule has 0 radical (unpaired) electrons. The maximum atomic E-state index is 13.4. The highest BCUT2D eigenvalue weighted by atomic mass is 16.5. The first-order chi connectivity index (χ1) is 14.7. The summed E-state index contributed by atoms with van der Waals surface area (Å²) in [6, 6.07) is 18.1. The number of aromatic nitrogens is 3. The van der Waals surface area contributed by atoms with Crippen LogP contribution in [0.5, 0.6) is 5.75 Å². The van der Waals surface area contributed by atoms with Crippen LogP contribution < -0.4 is 4.74 Å². The lowest BCUT2D eigenvalue weighted by molar-refractivity contribution is -0.133. The summed E-state index contributed by atoms with van der Waals surface area (Å²) in [7, 11) is 1.66. The molecular weight excluding hydrogens is 376 g/mol. The Bertz CT molecular complexity index is 1020. The van der Waals surface area contributed by atoms with Crippen molar-refractivity contribution in [3.8, 4) is 11.4 Å². The molecule has 1 atom stereocenters. The van der Waals surface area contributed by atoms with E-state index in [0.29, 0.717) is 5.92 Å². The number of rotatable bonds is 6. The number of amides is 1. The van der Waals surface area contributed by atoms with Gasteiger partial charge >= 0.3 is 0 Å². The van der Waals surface area contributed by atoms with Gasteiger partial charge in [-0.15, -0.1) is 10.2 Å². The van der Waals surface area contributed by atoms with Crippen LogP contribution >= 0.6 is 0 Å². The predicted molar refractivity (Wildman–Crippen MR) is 114 cm³/mol. The van der Waals surface area contributed by atoms with Crippen molar-refractivity contribution in [1.82, 2.24) is 19.7 Å². The molecule has 1 aliphatic carbocycles. The molecule has 1 amide bonds. The average Bonchev–Trinajstić information content (AvgIpc) is 3.25. The third kappa shape index (κ3) is 3.36. The molecule has 2 heterocycles. The topological polar surface area (TPSA) is 60.2 Å². The van der Waals surface area contributed by atoms with Crippen molar-refractivity contribution in [3.05, 3.63) is 72.3 Å². The van der Waals surface area contributed by atoms with Gasteiger partial charge in [-0.3, -0.25) is 9.36 Å². The highest BCUT2D eigenvalue weighted by Crippen LogP contribution is 2.50. The van der Waals surface area contributed by atoms with Crippen molar-refractivity contribution in [2.75, 3.05) is 20.2 Å². The van der Waals surface area contributed by atoms with Crippen LogP contribution in [0.25, 0.3) is 5.69 Å². The maximum Gasteiger partial charge on any atom is 0.233 e. The normalized spacial score (nSPS) is 19.6. The fourth-order valence-corrected chi connectivity index (χ4v) is 4.61. The van der Waals surface area contributed by atoms with Gasteiger partial charge in [0.2, 0.25) is 5.91 Å². The van der Waals surface area contributed by atoms with E-state index in [0.717, 1.165) is 61.6 Å². The minimum absolute atomic E-state index is 0.277. The molecule has 1 saturated carbocycles. The molecule has 0 N–H and O–H groups in total. The number of para-hydroxylation sites is 1. The first-order valence-corrected chi connectivity index (χ1v) is 10.6. The van der Waals surface area contributed by atoms with Crippen molar-refractivity contribution in [2.24, 2.45) is 5.92 Å². The molecule has 0 bridgehead atoms. The second kappa shape index (κ2) is 7.59. The number of nitrogens with zero attached hydrogens (tertiary/aromatic N) is 4. The number of likely N-dealkylation sites (tertiary alicyclic amines) is 1. The van der Waals surface area contributed by atoms with Gasteiger partial charge in [0.05, 0.1) is 12.5 Å². The van der Waals surface area contributed by atoms with Crippen LogP contribution in [0, 0.1) is 5.92 Å². The van der Waals surface area contributed by atoms with Crippen LogP contribution in [-0.4, -0.2) is 45.8 Å². The first-order valence-electron chi connectivity index (χ1n) is 10.6. The van der Waals surface area contributed by atoms with Gasteiger partial charge in [-0.2, -0.15) is 0 Å². The zero-order chi connectivity index (χ0) is 20.6. The maximum absolute atomic E-state index is 13.4. The number of hydrogen-bond acceptors (Lipinski definition) is 4. The SMILES string of the molecule is COc1ccc(C2(C(=O)N3CCC(Cc4nncn4-c4ccccc4)C3)CC2)cc1. The number of carbonyl (C=O) groups excluding carboxylic acids is 1. The summed E-state index contributed by atoms with van der Waals surface area (Å²) in [5.74, 6) is 2.47. The van der Waals surface area contributed by atoms with Crippen LogP contribution in [0.3, 0.4) is 0 Å². The van der Waals surface area contributed by atoms with Gasteiger partial charge in [0, 0.05) is 25.2 Å². The first kappa shape index (κ1) is 18.9. The quantitative estimate of drug-likeness (QED) is 0.634. The molecule has 2 aromatic carbocycles. The van der Waals surface area contributed by atoms with Crippen LogP contribution in [0.4, 0.5) is 0 Å². The van der Waals surface area contributed by atoms with Gasteiger partial charge in [-0.05, 0) is 55.0 Å². The van der Waals surface area contributed by atoms with Crippen LogP contribution in [0.1, 0.15) is 30.7 Å². The van der Waals surface area contributed by atoms with E-state index in [1.54, 1.807) is 13.4 Å². The Labute approximate surface area is 176 Å². The van der Waals surface area contributed by atoms with Gasteiger partial charge in [0.15, 0.2) is 0 Å². The highest BCUT2D eigenvalue weighted by Gasteiger charge is 2.53. The van der Waals surface area contributed by atoms with Gasteiger partial charge in [0.25, 0.3) is 0 Å². The highest BCUT2D eigenvalue weighted by molar-refractivity contribution is 5.91. The molecule has 30 heavy (non-hydrogen) atoms. The third-order valence-corrected chi connectivity index (χ3v) is 6.50. The molecule has 5 rings (SSSR count). The summed E-state index contributed by atoms with van der Waals surface area (Å²) in [5, 5.41) is 8.47. The number of hydrogen-bond donors (Lipinski definition) is 0. The molecule has 2 aliphatic rings. The zero-order valence-corrected chi connectivity index (χ0v) is 17.2. The van der Waals surface area contributed by atoms with E-state index < -0.39 is 0 Å². The number of benzene rings is 2. The molecule has 6 nitrogen and oxygen atoms in total. The fraction of sp³-hybridized carbons (Fsp3) is 0.375. The summed E-state index contributed by atoms with van der Waals surface area (Å²) < 4.78 is 7.31. The predicted octanol–water partition coefficient (Wildman–Crippen LogP) is 3.40. The van der Waals surface area contributed by atoms with Crippen molar-refractivity contribution < 1.29 is 9.53 Å². The van der Waals surface area contributed by atoms with Gasteiger partial charge in [-0.25, -0.2) is 0 Å². The van der Waals surface area contributed by atoms with E-state index in [1.165, 1.54) is 0 Å². The summed E-state index contributed by atoms with van der Waals surface area (Å²) >= 11 is 0. The van der Waals surface area contributed by atoms with E-state index in [2.05, 4.69) is 27.2 Å². The molecular formula is C24H26N4O2. The largest absolute Gasteiger partial charge is 0.497 e. The Kier molecular flexibility index (Phi) is 4.77. The fourth-order valence-electron chi connectivity index (χ4n) is 4.61. The van der Waals surface area contributed by atoms with Gasteiger partial charge in [-0.1, -0.05) is 30.3 Å². The van der Waals surface area contributed by atoms with Crippen molar-refractivity contribution in [1.29, 1.82) is 0 Å². The Balaban J connectivity index is 1.26. The number of carbonyl (C=O) groups is 1. The minimum Gasteiger partial charge on any atom is -0.497 e. The van der Waals surface area contributed by atoms with E-state index in [4.69, 9.17) is 4.74 Å². The number of methoxy groups -OCH3 is 1. The molecule has 1 aliphatic heterocycles. The molecule has 1 saturated heterocycles. The summed E-state index contributed by atoms with van der Waals surface area (Å²) in [5.41, 5.74) is 1.85. The Morgan fingerprint density at radius 3 is 2.60 bits per heavy atom. The average molecular weight is 402 g/mol. The second-order valence-corrected chi connectivity index (χ2v) is 8.37. The molecule has 0 spiro atoms. The third-order valence-electron chi connectivity index (χ3n) is 6.50. The molecule has 2 fully saturated rings. The molecule has 3 aromatic rings. The van der Waals surface area contributed by atoms with Crippen LogP contribution in [0.15, 0.2) is 60.9 Å². The molecule has 6 heteroatoms. The lowest BCUT2D eigenvalue weighted by Gasteiger charge is -2.24. The molecule has 154 valence electrons. The Morgan fingerprint density at radius 2 is 1.90 bits per heavy atom. The van der Waals surface area contributed by atoms with E-state index >= 15 is 0 Å². The lowest BCUT2D eigenvalue weighted by Crippen LogP contribution is -2.38. The van der Waals surface area contributed by atoms with E-state index in [1.807, 2.05) is 47.0 Å². The Morgan fingerprint density at radius 1 is 1.13 bits per heavy atom. The minimum atomic E-state index is -0.328. The monoisotopic (exact) mass is 402 g/mol. The molecule has 1 unspecified atom stereocenters. The van der Waals surface area contributed by atoms with Crippen LogP contribution in [0.2, 0.25) is 0 Å². The summed E-state index contributed by atoms with van der Waals surface area (Å²) in [6.07, 6.45) is 5.47. The number of ether oxygens (including phenoxy) is 1. The van der Waals surface area contributed by atoms with Crippen molar-refractivity contribution in [2.45, 2.75) is 31.1 Å². The standard InChI is InChI=1S/C24H26N4O2/c1-30-21-9-7-19(8-10-21)24(12-13-24)23(29)27-14-11-18(16-27)15-22-26-25-17-28(22)20-5-3-2-4-6-20/h2-10,17-18H,11-16H2,1H3. The second-order valence-electron chi connectivity index (χ2n) is 8.37. The lowest BCUT2D eigenvalue weighted by atomic mass is 9.94. The smallest absolute Gasteiger partial charge is 0.233 e. The molecule has 1 aromatic heterocycles. The van der Waals surface area contributed by atoms with E-state index in [9.17, 15) is 4.79 Å². The summed E-state index contributed by atoms with van der Waals surface area (Å²) in [4.78, 5) is 15.4.